The standard InChI is InChI=1S/C13H23NO3/c1-3-10(2)9-12(15)14-8-6-4-5-7-11(14)13(16)17/h10-11H,3-9H2,1-2H3,(H,16,17). The molecule has 0 saturated carbocycles. The first-order valence-electron chi connectivity index (χ1n) is 6.58. The number of rotatable bonds is 4. The van der Waals surface area contributed by atoms with Crippen LogP contribution in [-0.4, -0.2) is 34.5 Å². The molecule has 0 aliphatic carbocycles. The fourth-order valence-corrected chi connectivity index (χ4v) is 2.22. The Kier molecular flexibility index (Phi) is 5.45. The van der Waals surface area contributed by atoms with E-state index in [4.69, 9.17) is 0 Å². The van der Waals surface area contributed by atoms with Gasteiger partial charge in [0.15, 0.2) is 0 Å². The molecular weight excluding hydrogens is 218 g/mol. The molecule has 1 N–H and O–H groups in total. The van der Waals surface area contributed by atoms with E-state index in [2.05, 4.69) is 6.92 Å². The Morgan fingerprint density at radius 1 is 1.35 bits per heavy atom. The number of hydrogen-bond acceptors (Lipinski definition) is 2. The van der Waals surface area contributed by atoms with Gasteiger partial charge < -0.3 is 10.0 Å². The average molecular weight is 241 g/mol. The number of aliphatic carboxylic acids is 1. The van der Waals surface area contributed by atoms with Crippen LogP contribution >= 0.6 is 0 Å². The van der Waals surface area contributed by atoms with Crippen molar-refractivity contribution in [2.24, 2.45) is 5.92 Å². The van der Waals surface area contributed by atoms with Gasteiger partial charge in [-0.15, -0.1) is 0 Å². The lowest BCUT2D eigenvalue weighted by Gasteiger charge is -2.28. The van der Waals surface area contributed by atoms with Gasteiger partial charge in [-0.25, -0.2) is 4.79 Å². The molecule has 1 amide bonds. The molecule has 0 radical (unpaired) electrons. The molecule has 98 valence electrons. The third kappa shape index (κ3) is 4.02. The predicted octanol–water partition coefficient (Wildman–Crippen LogP) is 2.28. The third-order valence-corrected chi connectivity index (χ3v) is 3.58. The van der Waals surface area contributed by atoms with E-state index in [0.717, 1.165) is 25.7 Å². The Balaban J connectivity index is 2.68. The minimum absolute atomic E-state index is 0.00801. The van der Waals surface area contributed by atoms with Gasteiger partial charge in [0.1, 0.15) is 6.04 Å². The first-order valence-corrected chi connectivity index (χ1v) is 6.58. The lowest BCUT2D eigenvalue weighted by molar-refractivity contribution is -0.150. The minimum Gasteiger partial charge on any atom is -0.480 e. The van der Waals surface area contributed by atoms with E-state index < -0.39 is 12.0 Å². The Labute approximate surface area is 103 Å². The van der Waals surface area contributed by atoms with Crippen LogP contribution < -0.4 is 0 Å². The Bertz CT molecular complexity index is 278. The van der Waals surface area contributed by atoms with Gasteiger partial charge in [0.05, 0.1) is 0 Å². The highest BCUT2D eigenvalue weighted by Crippen LogP contribution is 2.20. The smallest absolute Gasteiger partial charge is 0.326 e. The van der Waals surface area contributed by atoms with Crippen molar-refractivity contribution in [2.75, 3.05) is 6.54 Å². The van der Waals surface area contributed by atoms with E-state index in [1.807, 2.05) is 6.92 Å². The fraction of sp³-hybridized carbons (Fsp3) is 0.846. The van der Waals surface area contributed by atoms with Crippen LogP contribution in [0.4, 0.5) is 0 Å². The molecule has 1 heterocycles. The van der Waals surface area contributed by atoms with Crippen molar-refractivity contribution in [1.82, 2.24) is 4.90 Å². The van der Waals surface area contributed by atoms with Crippen molar-refractivity contribution in [3.8, 4) is 0 Å². The summed E-state index contributed by atoms with van der Waals surface area (Å²) >= 11 is 0. The molecule has 0 spiro atoms. The minimum atomic E-state index is -0.857. The monoisotopic (exact) mass is 241 g/mol. The molecule has 0 bridgehead atoms. The average Bonchev–Trinajstić information content (AvgIpc) is 2.53. The zero-order valence-electron chi connectivity index (χ0n) is 10.8. The van der Waals surface area contributed by atoms with Crippen molar-refractivity contribution in [3.63, 3.8) is 0 Å². The molecule has 1 rings (SSSR count). The molecule has 4 nitrogen and oxygen atoms in total. The molecule has 0 aromatic rings. The van der Waals surface area contributed by atoms with Crippen LogP contribution in [-0.2, 0) is 9.59 Å². The normalized spacial score (nSPS) is 22.9. The van der Waals surface area contributed by atoms with Crippen LogP contribution in [0.25, 0.3) is 0 Å². The fourth-order valence-electron chi connectivity index (χ4n) is 2.22. The quantitative estimate of drug-likeness (QED) is 0.821. The molecule has 1 aliphatic rings. The van der Waals surface area contributed by atoms with E-state index in [1.165, 1.54) is 0 Å². The van der Waals surface area contributed by atoms with Crippen LogP contribution in [0.5, 0.6) is 0 Å². The largest absolute Gasteiger partial charge is 0.480 e. The number of carbonyl (C=O) groups is 2. The zero-order chi connectivity index (χ0) is 12.8. The van der Waals surface area contributed by atoms with Crippen molar-refractivity contribution >= 4 is 11.9 Å². The van der Waals surface area contributed by atoms with Gasteiger partial charge in [-0.3, -0.25) is 4.79 Å². The second kappa shape index (κ2) is 6.62. The summed E-state index contributed by atoms with van der Waals surface area (Å²) in [6.07, 6.45) is 4.89. The Morgan fingerprint density at radius 3 is 2.65 bits per heavy atom. The predicted molar refractivity (Wildman–Crippen MR) is 65.7 cm³/mol. The number of carboxylic acid groups (broad SMARTS) is 1. The first-order chi connectivity index (χ1) is 8.06. The SMILES string of the molecule is CCC(C)CC(=O)N1CCCCCC1C(=O)O. The first kappa shape index (κ1) is 14.0. The van der Waals surface area contributed by atoms with Crippen LogP contribution in [0.2, 0.25) is 0 Å². The number of carbonyl (C=O) groups excluding carboxylic acids is 1. The molecule has 1 fully saturated rings. The summed E-state index contributed by atoms with van der Waals surface area (Å²) in [4.78, 5) is 24.9. The molecule has 2 atom stereocenters. The van der Waals surface area contributed by atoms with E-state index in [9.17, 15) is 14.7 Å². The second-order valence-electron chi connectivity index (χ2n) is 5.01. The molecular formula is C13H23NO3. The summed E-state index contributed by atoms with van der Waals surface area (Å²) in [5.74, 6) is -0.516. The van der Waals surface area contributed by atoms with E-state index in [0.29, 0.717) is 25.3 Å². The van der Waals surface area contributed by atoms with Gasteiger partial charge in [0, 0.05) is 13.0 Å². The topological polar surface area (TPSA) is 57.6 Å². The second-order valence-corrected chi connectivity index (χ2v) is 5.01. The molecule has 4 heteroatoms. The van der Waals surface area contributed by atoms with Crippen molar-refractivity contribution < 1.29 is 14.7 Å². The van der Waals surface area contributed by atoms with Gasteiger partial charge in [0.25, 0.3) is 0 Å². The maximum Gasteiger partial charge on any atom is 0.326 e. The molecule has 1 saturated heterocycles. The van der Waals surface area contributed by atoms with E-state index >= 15 is 0 Å². The van der Waals surface area contributed by atoms with Gasteiger partial charge in [0.2, 0.25) is 5.91 Å². The number of likely N-dealkylation sites (tertiary alicyclic amines) is 1. The Morgan fingerprint density at radius 2 is 2.06 bits per heavy atom. The molecule has 2 unspecified atom stereocenters. The lowest BCUT2D eigenvalue weighted by atomic mass is 10.0. The van der Waals surface area contributed by atoms with E-state index in [1.54, 1.807) is 4.90 Å². The van der Waals surface area contributed by atoms with Crippen molar-refractivity contribution in [1.29, 1.82) is 0 Å². The maximum atomic E-state index is 12.1. The molecule has 0 aromatic carbocycles. The van der Waals surface area contributed by atoms with Gasteiger partial charge in [-0.2, -0.15) is 0 Å². The molecule has 17 heavy (non-hydrogen) atoms. The number of nitrogens with zero attached hydrogens (tertiary/aromatic N) is 1. The summed E-state index contributed by atoms with van der Waals surface area (Å²) in [5.41, 5.74) is 0. The highest BCUT2D eigenvalue weighted by Gasteiger charge is 2.30. The summed E-state index contributed by atoms with van der Waals surface area (Å²) in [6, 6.07) is -0.603. The van der Waals surface area contributed by atoms with Gasteiger partial charge in [-0.05, 0) is 18.8 Å². The molecule has 0 aromatic heterocycles. The molecule has 1 aliphatic heterocycles. The summed E-state index contributed by atoms with van der Waals surface area (Å²) in [5, 5.41) is 9.18. The van der Waals surface area contributed by atoms with Crippen LogP contribution in [0.3, 0.4) is 0 Å². The van der Waals surface area contributed by atoms with Crippen LogP contribution in [0, 0.1) is 5.92 Å². The summed E-state index contributed by atoms with van der Waals surface area (Å²) < 4.78 is 0. The summed E-state index contributed by atoms with van der Waals surface area (Å²) in [7, 11) is 0. The van der Waals surface area contributed by atoms with Gasteiger partial charge >= 0.3 is 5.97 Å². The highest BCUT2D eigenvalue weighted by atomic mass is 16.4. The third-order valence-electron chi connectivity index (χ3n) is 3.58. The number of carboxylic acids is 1. The maximum absolute atomic E-state index is 12.1. The van der Waals surface area contributed by atoms with E-state index in [-0.39, 0.29) is 5.91 Å². The summed E-state index contributed by atoms with van der Waals surface area (Å²) in [6.45, 7) is 4.69. The number of hydrogen-bond donors (Lipinski definition) is 1. The van der Waals surface area contributed by atoms with Crippen LogP contribution in [0.15, 0.2) is 0 Å². The van der Waals surface area contributed by atoms with Crippen molar-refractivity contribution in [3.05, 3.63) is 0 Å². The lowest BCUT2D eigenvalue weighted by Crippen LogP contribution is -2.45. The highest BCUT2D eigenvalue weighted by molar-refractivity contribution is 5.83. The number of amides is 1. The van der Waals surface area contributed by atoms with Crippen molar-refractivity contribution in [2.45, 2.75) is 58.4 Å². The van der Waals surface area contributed by atoms with Gasteiger partial charge in [-0.1, -0.05) is 33.1 Å². The zero-order valence-corrected chi connectivity index (χ0v) is 10.8. The van der Waals surface area contributed by atoms with Crippen LogP contribution in [0.1, 0.15) is 52.4 Å². The Hall–Kier alpha value is -1.06.